The summed E-state index contributed by atoms with van der Waals surface area (Å²) >= 11 is 12.1. The molecule has 1 N–H and O–H groups in total. The molecule has 31 heavy (non-hydrogen) atoms. The largest absolute Gasteiger partial charge is 0.335 e. The van der Waals surface area contributed by atoms with E-state index in [1.807, 2.05) is 20.2 Å². The highest BCUT2D eigenvalue weighted by Crippen LogP contribution is 2.23. The van der Waals surface area contributed by atoms with Gasteiger partial charge in [-0.25, -0.2) is 13.1 Å². The van der Waals surface area contributed by atoms with Gasteiger partial charge in [0.1, 0.15) is 0 Å². The van der Waals surface area contributed by atoms with E-state index in [1.165, 1.54) is 25.3 Å². The summed E-state index contributed by atoms with van der Waals surface area (Å²) in [4.78, 5) is 16.9. The zero-order chi connectivity index (χ0) is 23.0. The molecule has 1 amide bonds. The van der Waals surface area contributed by atoms with Crippen molar-refractivity contribution in [3.8, 4) is 0 Å². The minimum atomic E-state index is -3.49. The van der Waals surface area contributed by atoms with Crippen LogP contribution < -0.4 is 4.72 Å². The second-order valence-corrected chi connectivity index (χ2v) is 9.98. The number of nitrogens with one attached hydrogen (secondary N) is 1. The molecular formula is C22H27Cl2N3O3S. The number of hydrogen-bond donors (Lipinski definition) is 1. The van der Waals surface area contributed by atoms with Gasteiger partial charge in [-0.1, -0.05) is 41.4 Å². The Morgan fingerprint density at radius 1 is 1.03 bits per heavy atom. The molecule has 0 bridgehead atoms. The predicted octanol–water partition coefficient (Wildman–Crippen LogP) is 3.90. The maximum Gasteiger partial charge on any atom is 0.246 e. The van der Waals surface area contributed by atoms with Crippen LogP contribution in [0.5, 0.6) is 0 Å². The Hall–Kier alpha value is -1.90. The van der Waals surface area contributed by atoms with Crippen molar-refractivity contribution in [2.45, 2.75) is 17.9 Å². The fraction of sp³-hybridized carbons (Fsp3) is 0.318. The third-order valence-electron chi connectivity index (χ3n) is 4.58. The van der Waals surface area contributed by atoms with Crippen LogP contribution in [0.3, 0.4) is 0 Å². The van der Waals surface area contributed by atoms with E-state index in [-0.39, 0.29) is 10.8 Å². The van der Waals surface area contributed by atoms with Crippen LogP contribution >= 0.6 is 23.2 Å². The fourth-order valence-electron chi connectivity index (χ4n) is 2.85. The van der Waals surface area contributed by atoms with Crippen LogP contribution in [0.25, 0.3) is 6.08 Å². The molecule has 0 unspecified atom stereocenters. The highest BCUT2D eigenvalue weighted by molar-refractivity contribution is 7.89. The number of sulfonamides is 1. The van der Waals surface area contributed by atoms with Crippen LogP contribution in [-0.2, 0) is 21.4 Å². The molecule has 0 fully saturated rings. The Morgan fingerprint density at radius 3 is 2.29 bits per heavy atom. The van der Waals surface area contributed by atoms with E-state index >= 15 is 0 Å². The molecule has 0 aromatic heterocycles. The van der Waals surface area contributed by atoms with Gasteiger partial charge >= 0.3 is 0 Å². The van der Waals surface area contributed by atoms with E-state index in [0.29, 0.717) is 23.1 Å². The van der Waals surface area contributed by atoms with E-state index in [1.54, 1.807) is 35.2 Å². The third-order valence-corrected chi connectivity index (χ3v) is 6.75. The second-order valence-electron chi connectivity index (χ2n) is 7.28. The van der Waals surface area contributed by atoms with Crippen molar-refractivity contribution in [3.05, 3.63) is 69.7 Å². The molecule has 0 saturated heterocycles. The van der Waals surface area contributed by atoms with E-state index < -0.39 is 10.0 Å². The summed E-state index contributed by atoms with van der Waals surface area (Å²) in [6.45, 7) is 1.85. The van der Waals surface area contributed by atoms with Crippen molar-refractivity contribution < 1.29 is 13.2 Å². The van der Waals surface area contributed by atoms with Crippen molar-refractivity contribution in [1.29, 1.82) is 0 Å². The molecule has 0 aliphatic heterocycles. The zero-order valence-corrected chi connectivity index (χ0v) is 20.1. The predicted molar refractivity (Wildman–Crippen MR) is 127 cm³/mol. The van der Waals surface area contributed by atoms with E-state index in [2.05, 4.69) is 9.62 Å². The molecule has 0 saturated carbocycles. The lowest BCUT2D eigenvalue weighted by atomic mass is 10.2. The van der Waals surface area contributed by atoms with Gasteiger partial charge in [0.25, 0.3) is 0 Å². The SMILES string of the molecule is CNS(=O)(=O)c1ccc(/C=C/C(=O)N(CCCN(C)C)Cc2ccc(Cl)c(Cl)c2)cc1. The highest BCUT2D eigenvalue weighted by atomic mass is 35.5. The zero-order valence-electron chi connectivity index (χ0n) is 17.8. The topological polar surface area (TPSA) is 69.7 Å². The molecular weight excluding hydrogens is 457 g/mol. The minimum absolute atomic E-state index is 0.142. The Morgan fingerprint density at radius 2 is 1.71 bits per heavy atom. The van der Waals surface area contributed by atoms with Crippen molar-refractivity contribution in [2.75, 3.05) is 34.2 Å². The summed E-state index contributed by atoms with van der Waals surface area (Å²) < 4.78 is 25.9. The van der Waals surface area contributed by atoms with Crippen molar-refractivity contribution in [1.82, 2.24) is 14.5 Å². The van der Waals surface area contributed by atoms with Crippen molar-refractivity contribution in [3.63, 3.8) is 0 Å². The Bertz CT molecular complexity index is 1020. The van der Waals surface area contributed by atoms with Gasteiger partial charge < -0.3 is 9.80 Å². The highest BCUT2D eigenvalue weighted by Gasteiger charge is 2.13. The summed E-state index contributed by atoms with van der Waals surface area (Å²) in [6, 6.07) is 11.7. The first-order chi connectivity index (χ1) is 14.6. The van der Waals surface area contributed by atoms with Crippen LogP contribution in [0.4, 0.5) is 0 Å². The Labute approximate surface area is 194 Å². The van der Waals surface area contributed by atoms with Gasteiger partial charge in [-0.15, -0.1) is 0 Å². The summed E-state index contributed by atoms with van der Waals surface area (Å²) in [5, 5.41) is 0.923. The Kier molecular flexibility index (Phi) is 9.53. The van der Waals surface area contributed by atoms with Crippen LogP contribution in [0, 0.1) is 0 Å². The van der Waals surface area contributed by atoms with Gasteiger partial charge in [0.2, 0.25) is 15.9 Å². The molecule has 0 heterocycles. The monoisotopic (exact) mass is 483 g/mol. The van der Waals surface area contributed by atoms with Gasteiger partial charge in [0, 0.05) is 19.2 Å². The number of hydrogen-bond acceptors (Lipinski definition) is 4. The number of amides is 1. The number of carbonyl (C=O) groups excluding carboxylic acids is 1. The van der Waals surface area contributed by atoms with Crippen molar-refractivity contribution >= 4 is 45.2 Å². The van der Waals surface area contributed by atoms with Crippen molar-refractivity contribution in [2.24, 2.45) is 0 Å². The molecule has 6 nitrogen and oxygen atoms in total. The van der Waals surface area contributed by atoms with Gasteiger partial charge in [0.05, 0.1) is 14.9 Å². The molecule has 0 atom stereocenters. The van der Waals surface area contributed by atoms with Gasteiger partial charge in [-0.05, 0) is 75.6 Å². The van der Waals surface area contributed by atoms with Gasteiger partial charge in [-0.2, -0.15) is 0 Å². The minimum Gasteiger partial charge on any atom is -0.335 e. The van der Waals surface area contributed by atoms with Crippen LogP contribution in [-0.4, -0.2) is 58.4 Å². The second kappa shape index (κ2) is 11.6. The maximum absolute atomic E-state index is 12.9. The lowest BCUT2D eigenvalue weighted by Crippen LogP contribution is -2.31. The molecule has 2 rings (SSSR count). The summed E-state index contributed by atoms with van der Waals surface area (Å²) in [7, 11) is 1.85. The van der Waals surface area contributed by atoms with Crippen LogP contribution in [0.15, 0.2) is 53.4 Å². The molecule has 0 radical (unpaired) electrons. The molecule has 9 heteroatoms. The molecule has 2 aromatic carbocycles. The first-order valence-corrected chi connectivity index (χ1v) is 12.0. The third kappa shape index (κ3) is 7.94. The molecule has 168 valence electrons. The lowest BCUT2D eigenvalue weighted by Gasteiger charge is -2.22. The molecule has 0 aliphatic rings. The number of carbonyl (C=O) groups is 1. The average Bonchev–Trinajstić information content (AvgIpc) is 2.74. The van der Waals surface area contributed by atoms with Gasteiger partial charge in [-0.3, -0.25) is 4.79 Å². The average molecular weight is 484 g/mol. The molecule has 0 aliphatic carbocycles. The number of nitrogens with zero attached hydrogens (tertiary/aromatic N) is 2. The molecule has 2 aromatic rings. The fourth-order valence-corrected chi connectivity index (χ4v) is 3.90. The molecule has 0 spiro atoms. The summed E-state index contributed by atoms with van der Waals surface area (Å²) in [5.41, 5.74) is 1.62. The first kappa shape index (κ1) is 25.4. The summed E-state index contributed by atoms with van der Waals surface area (Å²) in [6.07, 6.45) is 3.99. The number of rotatable bonds is 10. The standard InChI is InChI=1S/C22H27Cl2N3O3S/c1-25-31(29,30)19-9-5-17(6-10-19)8-12-22(28)27(14-4-13-26(2)3)16-18-7-11-20(23)21(24)15-18/h5-12,15,25H,4,13-14,16H2,1-3H3/b12-8+. The number of benzene rings is 2. The quantitative estimate of drug-likeness (QED) is 0.520. The maximum atomic E-state index is 12.9. The smallest absolute Gasteiger partial charge is 0.246 e. The lowest BCUT2D eigenvalue weighted by molar-refractivity contribution is -0.126. The summed E-state index contributed by atoms with van der Waals surface area (Å²) in [5.74, 6) is -0.142. The number of halogens is 2. The van der Waals surface area contributed by atoms with E-state index in [9.17, 15) is 13.2 Å². The van der Waals surface area contributed by atoms with Crippen LogP contribution in [0.2, 0.25) is 10.0 Å². The van der Waals surface area contributed by atoms with Gasteiger partial charge in [0.15, 0.2) is 0 Å². The normalized spacial score (nSPS) is 11.9. The van der Waals surface area contributed by atoms with Crippen LogP contribution in [0.1, 0.15) is 17.5 Å². The Balaban J connectivity index is 2.14. The first-order valence-electron chi connectivity index (χ1n) is 9.71. The van der Waals surface area contributed by atoms with E-state index in [0.717, 1.165) is 24.1 Å². The van der Waals surface area contributed by atoms with E-state index in [4.69, 9.17) is 23.2 Å².